The highest BCUT2D eigenvalue weighted by molar-refractivity contribution is 5.89. The lowest BCUT2D eigenvalue weighted by Gasteiger charge is -2.35. The quantitative estimate of drug-likeness (QED) is 0.869. The summed E-state index contributed by atoms with van der Waals surface area (Å²) < 4.78 is 19.0. The second-order valence-corrected chi connectivity index (χ2v) is 5.66. The molecule has 0 saturated carbocycles. The molecule has 2 heterocycles. The van der Waals surface area contributed by atoms with Crippen molar-refractivity contribution in [1.29, 1.82) is 0 Å². The molecular weight excluding hydrogens is 311 g/mol. The van der Waals surface area contributed by atoms with Crippen molar-refractivity contribution < 1.29 is 13.9 Å². The van der Waals surface area contributed by atoms with Gasteiger partial charge in [0.1, 0.15) is 5.82 Å². The molecular formula is C17H19FN4O2. The maximum atomic E-state index is 14.4. The molecule has 1 N–H and O–H groups in total. The highest BCUT2D eigenvalue weighted by Crippen LogP contribution is 2.25. The molecule has 1 aliphatic rings. The lowest BCUT2D eigenvalue weighted by atomic mass is 10.0. The van der Waals surface area contributed by atoms with E-state index in [4.69, 9.17) is 0 Å². The van der Waals surface area contributed by atoms with Crippen LogP contribution in [0.15, 0.2) is 36.7 Å². The van der Waals surface area contributed by atoms with E-state index in [1.54, 1.807) is 30.6 Å². The van der Waals surface area contributed by atoms with Crippen molar-refractivity contribution in [3.63, 3.8) is 0 Å². The molecule has 3 rings (SSSR count). The standard InChI is InChI=1S/C17H19FN4O2/c1-24-16(23)12-5-6-15(14(18)10-12)22-9-2-4-13(11-22)21-17-19-7-3-8-20-17/h3,5-8,10,13H,2,4,9,11H2,1H3,(H,19,20,21)/t13-/m1/s1. The molecule has 1 aromatic heterocycles. The first-order valence-electron chi connectivity index (χ1n) is 7.84. The zero-order valence-corrected chi connectivity index (χ0v) is 13.4. The van der Waals surface area contributed by atoms with Gasteiger partial charge in [0.25, 0.3) is 0 Å². The first-order chi connectivity index (χ1) is 11.7. The molecule has 1 saturated heterocycles. The summed E-state index contributed by atoms with van der Waals surface area (Å²) >= 11 is 0. The van der Waals surface area contributed by atoms with Gasteiger partial charge in [-0.25, -0.2) is 19.2 Å². The lowest BCUT2D eigenvalue weighted by molar-refractivity contribution is 0.0600. The van der Waals surface area contributed by atoms with Gasteiger partial charge < -0.3 is 15.0 Å². The predicted molar refractivity (Wildman–Crippen MR) is 88.6 cm³/mol. The second kappa shape index (κ2) is 7.25. The van der Waals surface area contributed by atoms with Gasteiger partial charge in [-0.2, -0.15) is 0 Å². The van der Waals surface area contributed by atoms with Gasteiger partial charge in [-0.3, -0.25) is 0 Å². The summed E-state index contributed by atoms with van der Waals surface area (Å²) in [5.41, 5.74) is 0.700. The van der Waals surface area contributed by atoms with Crippen molar-refractivity contribution in [3.8, 4) is 0 Å². The van der Waals surface area contributed by atoms with Crippen LogP contribution in [-0.4, -0.2) is 42.2 Å². The summed E-state index contributed by atoms with van der Waals surface area (Å²) in [6.07, 6.45) is 5.27. The second-order valence-electron chi connectivity index (χ2n) is 5.66. The molecule has 7 heteroatoms. The molecule has 126 valence electrons. The Morgan fingerprint density at radius 1 is 1.38 bits per heavy atom. The average Bonchev–Trinajstić information content (AvgIpc) is 2.62. The number of anilines is 2. The van der Waals surface area contributed by atoms with Crippen molar-refractivity contribution in [2.45, 2.75) is 18.9 Å². The smallest absolute Gasteiger partial charge is 0.337 e. The van der Waals surface area contributed by atoms with Crippen molar-refractivity contribution in [2.24, 2.45) is 0 Å². The summed E-state index contributed by atoms with van der Waals surface area (Å²) in [7, 11) is 1.28. The van der Waals surface area contributed by atoms with Crippen LogP contribution >= 0.6 is 0 Å². The number of ether oxygens (including phenoxy) is 1. The predicted octanol–water partition coefficient (Wildman–Crippen LogP) is 2.48. The van der Waals surface area contributed by atoms with E-state index in [0.717, 1.165) is 19.4 Å². The molecule has 1 aromatic carbocycles. The minimum absolute atomic E-state index is 0.140. The normalized spacial score (nSPS) is 17.4. The van der Waals surface area contributed by atoms with E-state index >= 15 is 0 Å². The number of nitrogens with zero attached hydrogens (tertiary/aromatic N) is 3. The summed E-state index contributed by atoms with van der Waals surface area (Å²) in [4.78, 5) is 21.8. The van der Waals surface area contributed by atoms with Gasteiger partial charge >= 0.3 is 5.97 Å². The van der Waals surface area contributed by atoms with Gasteiger partial charge in [-0.05, 0) is 37.1 Å². The molecule has 0 spiro atoms. The van der Waals surface area contributed by atoms with Crippen LogP contribution < -0.4 is 10.2 Å². The van der Waals surface area contributed by atoms with Gasteiger partial charge in [0.2, 0.25) is 5.95 Å². The highest BCUT2D eigenvalue weighted by Gasteiger charge is 2.23. The Balaban J connectivity index is 1.71. The maximum absolute atomic E-state index is 14.4. The Morgan fingerprint density at radius 2 is 2.17 bits per heavy atom. The van der Waals surface area contributed by atoms with Gasteiger partial charge in [0.05, 0.1) is 18.4 Å². The molecule has 0 amide bonds. The maximum Gasteiger partial charge on any atom is 0.337 e. The van der Waals surface area contributed by atoms with Crippen LogP contribution in [-0.2, 0) is 4.74 Å². The topological polar surface area (TPSA) is 67.3 Å². The third-order valence-electron chi connectivity index (χ3n) is 4.03. The summed E-state index contributed by atoms with van der Waals surface area (Å²) in [5, 5.41) is 3.28. The van der Waals surface area contributed by atoms with Crippen molar-refractivity contribution >= 4 is 17.6 Å². The number of halogens is 1. The average molecular weight is 330 g/mol. The first-order valence-corrected chi connectivity index (χ1v) is 7.84. The molecule has 0 aliphatic carbocycles. The summed E-state index contributed by atoms with van der Waals surface area (Å²) in [6.45, 7) is 1.41. The van der Waals surface area contributed by atoms with E-state index in [1.165, 1.54) is 13.2 Å². The Morgan fingerprint density at radius 3 is 2.88 bits per heavy atom. The number of esters is 1. The van der Waals surface area contributed by atoms with Gasteiger partial charge in [-0.1, -0.05) is 0 Å². The number of hydrogen-bond acceptors (Lipinski definition) is 6. The van der Waals surface area contributed by atoms with Gasteiger partial charge in [0.15, 0.2) is 0 Å². The highest BCUT2D eigenvalue weighted by atomic mass is 19.1. The number of aromatic nitrogens is 2. The zero-order chi connectivity index (χ0) is 16.9. The van der Waals surface area contributed by atoms with E-state index < -0.39 is 11.8 Å². The van der Waals surface area contributed by atoms with Crippen molar-refractivity contribution in [3.05, 3.63) is 48.0 Å². The SMILES string of the molecule is COC(=O)c1ccc(N2CCC[C@@H](Nc3ncccn3)C2)c(F)c1. The monoisotopic (exact) mass is 330 g/mol. The van der Waals surface area contributed by atoms with E-state index in [2.05, 4.69) is 20.0 Å². The molecule has 2 aromatic rings. The van der Waals surface area contributed by atoms with Crippen molar-refractivity contribution in [1.82, 2.24) is 9.97 Å². The summed E-state index contributed by atoms with van der Waals surface area (Å²) in [5.74, 6) is -0.389. The Hall–Kier alpha value is -2.70. The lowest BCUT2D eigenvalue weighted by Crippen LogP contribution is -2.42. The van der Waals surface area contributed by atoms with Crippen LogP contribution in [0.2, 0.25) is 0 Å². The molecule has 1 fully saturated rings. The molecule has 6 nitrogen and oxygen atoms in total. The Bertz CT molecular complexity index is 711. The number of carbonyl (C=O) groups is 1. The number of carbonyl (C=O) groups excluding carboxylic acids is 1. The number of methoxy groups -OCH3 is 1. The molecule has 24 heavy (non-hydrogen) atoms. The molecule has 1 aliphatic heterocycles. The van der Waals surface area contributed by atoms with Crippen LogP contribution in [0.5, 0.6) is 0 Å². The van der Waals surface area contributed by atoms with Crippen LogP contribution in [0.25, 0.3) is 0 Å². The Labute approximate surface area is 139 Å². The van der Waals surface area contributed by atoms with E-state index in [0.29, 0.717) is 18.2 Å². The minimum atomic E-state index is -0.542. The number of benzene rings is 1. The Kier molecular flexibility index (Phi) is 4.88. The molecule has 0 bridgehead atoms. The van der Waals surface area contributed by atoms with E-state index in [9.17, 15) is 9.18 Å². The van der Waals surface area contributed by atoms with E-state index in [-0.39, 0.29) is 11.6 Å². The fourth-order valence-electron chi connectivity index (χ4n) is 2.88. The first kappa shape index (κ1) is 16.2. The van der Waals surface area contributed by atoms with Crippen molar-refractivity contribution in [2.75, 3.05) is 30.4 Å². The molecule has 0 unspecified atom stereocenters. The van der Waals surface area contributed by atoms with Crippen LogP contribution in [0, 0.1) is 5.82 Å². The third kappa shape index (κ3) is 3.61. The number of hydrogen-bond donors (Lipinski definition) is 1. The summed E-state index contributed by atoms with van der Waals surface area (Å²) in [6, 6.07) is 6.33. The van der Waals surface area contributed by atoms with Crippen LogP contribution in [0.1, 0.15) is 23.2 Å². The number of rotatable bonds is 4. The molecule has 0 radical (unpaired) electrons. The fraction of sp³-hybridized carbons (Fsp3) is 0.353. The zero-order valence-electron chi connectivity index (χ0n) is 13.4. The minimum Gasteiger partial charge on any atom is -0.465 e. The van der Waals surface area contributed by atoms with Gasteiger partial charge in [-0.15, -0.1) is 0 Å². The number of piperidine rings is 1. The third-order valence-corrected chi connectivity index (χ3v) is 4.03. The van der Waals surface area contributed by atoms with Gasteiger partial charge in [0, 0.05) is 31.5 Å². The van der Waals surface area contributed by atoms with E-state index in [1.807, 2.05) is 4.90 Å². The largest absolute Gasteiger partial charge is 0.465 e. The van der Waals surface area contributed by atoms with Crippen LogP contribution in [0.4, 0.5) is 16.0 Å². The molecule has 1 atom stereocenters. The van der Waals surface area contributed by atoms with Crippen LogP contribution in [0.3, 0.4) is 0 Å². The number of nitrogens with one attached hydrogen (secondary N) is 1. The fourth-order valence-corrected chi connectivity index (χ4v) is 2.88.